The van der Waals surface area contributed by atoms with Crippen LogP contribution < -0.4 is 4.90 Å². The maximum Gasteiger partial charge on any atom is 0.348 e. The fourth-order valence-corrected chi connectivity index (χ4v) is 4.88. The third-order valence-corrected chi connectivity index (χ3v) is 6.47. The summed E-state index contributed by atoms with van der Waals surface area (Å²) >= 11 is 0.677. The number of esters is 1. The molecule has 170 valence electrons. The lowest BCUT2D eigenvalue weighted by molar-refractivity contribution is -0.385. The van der Waals surface area contributed by atoms with Gasteiger partial charge in [0.15, 0.2) is 0 Å². The minimum atomic E-state index is -0.965. The lowest BCUT2D eigenvalue weighted by atomic mass is 9.92. The molecule has 0 fully saturated rings. The molecule has 0 unspecified atom stereocenters. The minimum absolute atomic E-state index is 0.00280. The minimum Gasteiger partial charge on any atom is -0.462 e. The number of non-ortho nitro benzene ring substituents is 2. The Bertz CT molecular complexity index is 1450. The van der Waals surface area contributed by atoms with Crippen molar-refractivity contribution in [3.8, 4) is 6.07 Å². The van der Waals surface area contributed by atoms with E-state index < -0.39 is 39.0 Å². The molecule has 12 nitrogen and oxygen atoms in total. The summed E-state index contributed by atoms with van der Waals surface area (Å²) in [7, 11) is 0. The van der Waals surface area contributed by atoms with Gasteiger partial charge in [0.2, 0.25) is 0 Å². The number of ether oxygens (including phenoxy) is 1. The van der Waals surface area contributed by atoms with Gasteiger partial charge in [0.25, 0.3) is 23.2 Å². The number of anilines is 1. The van der Waals surface area contributed by atoms with Gasteiger partial charge in [0.05, 0.1) is 33.1 Å². The van der Waals surface area contributed by atoms with Crippen LogP contribution in [-0.2, 0) is 4.74 Å². The second-order valence-corrected chi connectivity index (χ2v) is 8.11. The summed E-state index contributed by atoms with van der Waals surface area (Å²) in [6, 6.07) is 5.89. The topological polar surface area (TPSA) is 174 Å². The number of carbonyl (C=O) groups is 3. The normalized spacial score (nSPS) is 12.6. The van der Waals surface area contributed by atoms with Gasteiger partial charge in [-0.3, -0.25) is 29.8 Å². The monoisotopic (exact) mass is 480 g/mol. The standard InChI is InChI=1S/C21H12N4O8S/c1-3-33-21(28)17-9(2)15(8-22)20(34-17)23-18(26)13-6-11(24(29)30)4-10-5-12(25(31)32)7-14(16(10)13)19(23)27/h4-7H,3H2,1-2H3. The smallest absolute Gasteiger partial charge is 0.348 e. The number of imide groups is 1. The molecule has 1 aliphatic rings. The Morgan fingerprint density at radius 3 is 2.06 bits per heavy atom. The lowest BCUT2D eigenvalue weighted by Gasteiger charge is -2.26. The molecule has 0 aliphatic carbocycles. The van der Waals surface area contributed by atoms with Crippen LogP contribution in [0.1, 0.15) is 48.4 Å². The van der Waals surface area contributed by atoms with Crippen molar-refractivity contribution in [1.82, 2.24) is 0 Å². The molecule has 0 spiro atoms. The Labute approximate surface area is 193 Å². The summed E-state index contributed by atoms with van der Waals surface area (Å²) in [4.78, 5) is 61.1. The second kappa shape index (κ2) is 8.01. The molecule has 4 rings (SSSR count). The zero-order chi connectivity index (χ0) is 24.9. The Hall–Kier alpha value is -4.70. The number of rotatable bonds is 5. The van der Waals surface area contributed by atoms with E-state index in [0.717, 1.165) is 24.3 Å². The van der Waals surface area contributed by atoms with Crippen molar-refractivity contribution in [2.24, 2.45) is 0 Å². The van der Waals surface area contributed by atoms with E-state index in [1.807, 2.05) is 6.07 Å². The number of amides is 2. The van der Waals surface area contributed by atoms with Gasteiger partial charge >= 0.3 is 5.97 Å². The van der Waals surface area contributed by atoms with Crippen LogP contribution in [0.15, 0.2) is 24.3 Å². The van der Waals surface area contributed by atoms with Gasteiger partial charge in [-0.1, -0.05) is 0 Å². The molecular formula is C21H12N4O8S. The van der Waals surface area contributed by atoms with E-state index in [1.165, 1.54) is 6.92 Å². The number of nitriles is 1. The molecule has 2 heterocycles. The van der Waals surface area contributed by atoms with Crippen molar-refractivity contribution in [1.29, 1.82) is 5.26 Å². The lowest BCUT2D eigenvalue weighted by Crippen LogP contribution is -2.40. The molecule has 0 atom stereocenters. The van der Waals surface area contributed by atoms with Gasteiger partial charge < -0.3 is 4.74 Å². The average Bonchev–Trinajstić information content (AvgIpc) is 3.12. The van der Waals surface area contributed by atoms with Gasteiger partial charge in [0, 0.05) is 29.7 Å². The summed E-state index contributed by atoms with van der Waals surface area (Å²) in [5.74, 6) is -2.68. The molecule has 13 heteroatoms. The van der Waals surface area contributed by atoms with Crippen LogP contribution in [0, 0.1) is 38.5 Å². The number of nitrogens with zero attached hydrogens (tertiary/aromatic N) is 4. The van der Waals surface area contributed by atoms with Crippen LogP contribution in [0.2, 0.25) is 0 Å². The van der Waals surface area contributed by atoms with Crippen molar-refractivity contribution in [3.63, 3.8) is 0 Å². The maximum absolute atomic E-state index is 13.4. The van der Waals surface area contributed by atoms with Crippen LogP contribution in [0.4, 0.5) is 16.4 Å². The van der Waals surface area contributed by atoms with Gasteiger partial charge in [-0.05, 0) is 24.8 Å². The SMILES string of the molecule is CCOC(=O)c1sc(N2C(=O)c3cc([N+](=O)[O-])cc4cc([N+](=O)[O-])cc(c34)C2=O)c(C#N)c1C. The van der Waals surface area contributed by atoms with Gasteiger partial charge in [-0.15, -0.1) is 11.3 Å². The molecule has 1 aromatic heterocycles. The van der Waals surface area contributed by atoms with Crippen LogP contribution >= 0.6 is 11.3 Å². The molecule has 3 aromatic rings. The molecule has 0 N–H and O–H groups in total. The molecule has 2 aromatic carbocycles. The Kier molecular flexibility index (Phi) is 5.30. The fraction of sp³-hybridized carbons (Fsp3) is 0.143. The Morgan fingerprint density at radius 2 is 1.62 bits per heavy atom. The Morgan fingerprint density at radius 1 is 1.09 bits per heavy atom. The fourth-order valence-electron chi connectivity index (χ4n) is 3.73. The van der Waals surface area contributed by atoms with E-state index in [4.69, 9.17) is 4.74 Å². The third kappa shape index (κ3) is 3.24. The van der Waals surface area contributed by atoms with Crippen molar-refractivity contribution < 1.29 is 29.0 Å². The van der Waals surface area contributed by atoms with E-state index in [0.29, 0.717) is 16.2 Å². The first kappa shape index (κ1) is 22.5. The van der Waals surface area contributed by atoms with Crippen LogP contribution in [0.3, 0.4) is 0 Å². The Balaban J connectivity index is 2.02. The van der Waals surface area contributed by atoms with E-state index >= 15 is 0 Å². The van der Waals surface area contributed by atoms with Crippen LogP contribution in [0.25, 0.3) is 10.8 Å². The summed E-state index contributed by atoms with van der Waals surface area (Å²) in [5.41, 5.74) is -1.43. The summed E-state index contributed by atoms with van der Waals surface area (Å²) in [5, 5.41) is 32.4. The molecule has 2 amide bonds. The summed E-state index contributed by atoms with van der Waals surface area (Å²) < 4.78 is 4.97. The predicted octanol–water partition coefficient (Wildman–Crippen LogP) is 3.88. The van der Waals surface area contributed by atoms with Crippen molar-refractivity contribution in [2.45, 2.75) is 13.8 Å². The summed E-state index contributed by atoms with van der Waals surface area (Å²) in [6.45, 7) is 3.09. The average molecular weight is 480 g/mol. The molecule has 0 radical (unpaired) electrons. The first-order valence-corrected chi connectivity index (χ1v) is 10.4. The van der Waals surface area contributed by atoms with Crippen LogP contribution in [0.5, 0.6) is 0 Å². The van der Waals surface area contributed by atoms with Gasteiger partial charge in [-0.2, -0.15) is 5.26 Å². The number of benzene rings is 2. The van der Waals surface area contributed by atoms with Crippen molar-refractivity contribution >= 4 is 56.3 Å². The van der Waals surface area contributed by atoms with Crippen molar-refractivity contribution in [3.05, 3.63) is 71.6 Å². The number of nitro benzene ring substituents is 2. The van der Waals surface area contributed by atoms with E-state index in [-0.39, 0.29) is 49.5 Å². The molecule has 0 saturated carbocycles. The van der Waals surface area contributed by atoms with E-state index in [9.17, 15) is 39.9 Å². The number of nitro groups is 2. The largest absolute Gasteiger partial charge is 0.462 e. The highest BCUT2D eigenvalue weighted by Gasteiger charge is 2.40. The van der Waals surface area contributed by atoms with E-state index in [2.05, 4.69) is 0 Å². The number of carbonyl (C=O) groups excluding carboxylic acids is 3. The molecule has 0 saturated heterocycles. The maximum atomic E-state index is 13.4. The molecule has 34 heavy (non-hydrogen) atoms. The molecule has 1 aliphatic heterocycles. The quantitative estimate of drug-likeness (QED) is 0.227. The van der Waals surface area contributed by atoms with Gasteiger partial charge in [-0.25, -0.2) is 9.69 Å². The van der Waals surface area contributed by atoms with Gasteiger partial charge in [0.1, 0.15) is 15.9 Å². The highest BCUT2D eigenvalue weighted by atomic mass is 32.1. The zero-order valence-corrected chi connectivity index (χ0v) is 18.3. The highest BCUT2D eigenvalue weighted by molar-refractivity contribution is 7.18. The second-order valence-electron chi connectivity index (χ2n) is 7.11. The third-order valence-electron chi connectivity index (χ3n) is 5.21. The number of hydrogen-bond donors (Lipinski definition) is 0. The molecule has 0 bridgehead atoms. The predicted molar refractivity (Wildman–Crippen MR) is 118 cm³/mol. The first-order chi connectivity index (χ1) is 16.1. The van der Waals surface area contributed by atoms with E-state index in [1.54, 1.807) is 6.92 Å². The molecular weight excluding hydrogens is 468 g/mol. The summed E-state index contributed by atoms with van der Waals surface area (Å²) in [6.07, 6.45) is 0. The highest BCUT2D eigenvalue weighted by Crippen LogP contribution is 2.42. The number of thiophene rings is 1. The first-order valence-electron chi connectivity index (χ1n) is 9.60. The van der Waals surface area contributed by atoms with Crippen molar-refractivity contribution in [2.75, 3.05) is 11.5 Å². The van der Waals surface area contributed by atoms with Crippen LogP contribution in [-0.4, -0.2) is 34.2 Å². The zero-order valence-electron chi connectivity index (χ0n) is 17.5. The number of hydrogen-bond acceptors (Lipinski definition) is 10.